The van der Waals surface area contributed by atoms with E-state index in [1.807, 2.05) is 0 Å². The maximum atomic E-state index is 11.8. The molecule has 1 aromatic heterocycles. The average molecular weight is 380 g/mol. The van der Waals surface area contributed by atoms with Gasteiger partial charge in [-0.2, -0.15) is 4.31 Å². The molecule has 1 aliphatic heterocycles. The van der Waals surface area contributed by atoms with Gasteiger partial charge in [0.05, 0.1) is 6.26 Å². The summed E-state index contributed by atoms with van der Waals surface area (Å²) in [7, 11) is -3.10. The molecular formula is C12H18BrN3O4S. The molecule has 7 nitrogen and oxygen atoms in total. The van der Waals surface area contributed by atoms with Crippen molar-refractivity contribution in [2.24, 2.45) is 0 Å². The van der Waals surface area contributed by atoms with E-state index in [2.05, 4.69) is 26.1 Å². The first-order valence-electron chi connectivity index (χ1n) is 6.57. The van der Waals surface area contributed by atoms with Crippen LogP contribution >= 0.6 is 15.9 Å². The highest BCUT2D eigenvalue weighted by atomic mass is 79.9. The van der Waals surface area contributed by atoms with E-state index in [4.69, 9.17) is 4.42 Å². The van der Waals surface area contributed by atoms with Gasteiger partial charge >= 0.3 is 0 Å². The molecule has 1 N–H and O–H groups in total. The third kappa shape index (κ3) is 4.80. The van der Waals surface area contributed by atoms with Crippen molar-refractivity contribution >= 4 is 31.9 Å². The molecule has 0 aliphatic carbocycles. The molecule has 1 aliphatic rings. The second-order valence-electron chi connectivity index (χ2n) is 4.86. The van der Waals surface area contributed by atoms with E-state index >= 15 is 0 Å². The Bertz CT molecular complexity index is 593. The zero-order valence-corrected chi connectivity index (χ0v) is 14.1. The van der Waals surface area contributed by atoms with Crippen LogP contribution in [0.1, 0.15) is 10.6 Å². The number of rotatable bonds is 5. The highest BCUT2D eigenvalue weighted by Crippen LogP contribution is 2.13. The fourth-order valence-corrected chi connectivity index (χ4v) is 3.27. The normalized spacial score (nSPS) is 17.8. The lowest BCUT2D eigenvalue weighted by atomic mass is 10.3. The van der Waals surface area contributed by atoms with Crippen molar-refractivity contribution in [1.29, 1.82) is 0 Å². The Labute approximate surface area is 132 Å². The van der Waals surface area contributed by atoms with Gasteiger partial charge in [-0.25, -0.2) is 8.42 Å². The van der Waals surface area contributed by atoms with Gasteiger partial charge in [0, 0.05) is 39.3 Å². The predicted molar refractivity (Wildman–Crippen MR) is 81.6 cm³/mol. The molecule has 2 rings (SSSR count). The quantitative estimate of drug-likeness (QED) is 0.797. The number of hydrogen-bond acceptors (Lipinski definition) is 5. The molecule has 9 heteroatoms. The molecule has 0 atom stereocenters. The molecule has 118 valence electrons. The molecule has 2 heterocycles. The Morgan fingerprint density at radius 2 is 2.00 bits per heavy atom. The second-order valence-corrected chi connectivity index (χ2v) is 7.63. The first-order valence-corrected chi connectivity index (χ1v) is 9.21. The largest absolute Gasteiger partial charge is 0.444 e. The Morgan fingerprint density at radius 1 is 1.33 bits per heavy atom. The zero-order chi connectivity index (χ0) is 15.5. The van der Waals surface area contributed by atoms with Gasteiger partial charge in [-0.15, -0.1) is 0 Å². The van der Waals surface area contributed by atoms with Crippen LogP contribution in [-0.2, 0) is 10.0 Å². The van der Waals surface area contributed by atoms with Gasteiger partial charge in [0.25, 0.3) is 5.91 Å². The summed E-state index contributed by atoms with van der Waals surface area (Å²) in [6.07, 6.45) is 1.23. The SMILES string of the molecule is CS(=O)(=O)N1CCN(CCNC(=O)c2ccc(Br)o2)CC1. The smallest absolute Gasteiger partial charge is 0.287 e. The molecule has 0 bridgehead atoms. The number of nitrogens with zero attached hydrogens (tertiary/aromatic N) is 2. The van der Waals surface area contributed by atoms with Gasteiger partial charge in [-0.1, -0.05) is 0 Å². The van der Waals surface area contributed by atoms with Crippen LogP contribution in [-0.4, -0.2) is 69.1 Å². The molecule has 1 saturated heterocycles. The first-order chi connectivity index (χ1) is 9.86. The van der Waals surface area contributed by atoms with Crippen molar-refractivity contribution in [3.8, 4) is 0 Å². The summed E-state index contributed by atoms with van der Waals surface area (Å²) >= 11 is 3.14. The van der Waals surface area contributed by atoms with Gasteiger partial charge < -0.3 is 9.73 Å². The number of carbonyl (C=O) groups excluding carboxylic acids is 1. The van der Waals surface area contributed by atoms with E-state index in [0.717, 1.165) is 0 Å². The maximum Gasteiger partial charge on any atom is 0.287 e. The van der Waals surface area contributed by atoms with Crippen LogP contribution in [0, 0.1) is 0 Å². The van der Waals surface area contributed by atoms with E-state index in [1.54, 1.807) is 12.1 Å². The molecule has 0 spiro atoms. The number of halogens is 1. The third-order valence-electron chi connectivity index (χ3n) is 3.31. The Balaban J connectivity index is 1.70. The molecule has 0 aromatic carbocycles. The Hall–Kier alpha value is -0.900. The summed E-state index contributed by atoms with van der Waals surface area (Å²) in [5.41, 5.74) is 0. The van der Waals surface area contributed by atoms with Crippen molar-refractivity contribution in [2.75, 3.05) is 45.5 Å². The molecule has 0 unspecified atom stereocenters. The molecule has 0 radical (unpaired) electrons. The summed E-state index contributed by atoms with van der Waals surface area (Å²) in [6, 6.07) is 3.27. The van der Waals surface area contributed by atoms with Crippen LogP contribution in [0.4, 0.5) is 0 Å². The average Bonchev–Trinajstić information content (AvgIpc) is 2.85. The monoisotopic (exact) mass is 379 g/mol. The zero-order valence-electron chi connectivity index (χ0n) is 11.7. The Morgan fingerprint density at radius 3 is 2.52 bits per heavy atom. The number of piperazine rings is 1. The first kappa shape index (κ1) is 16.5. The number of carbonyl (C=O) groups is 1. The van der Waals surface area contributed by atoms with Crippen molar-refractivity contribution < 1.29 is 17.6 Å². The van der Waals surface area contributed by atoms with Gasteiger partial charge in [-0.05, 0) is 28.1 Å². The minimum Gasteiger partial charge on any atom is -0.444 e. The van der Waals surface area contributed by atoms with Crippen molar-refractivity contribution in [2.45, 2.75) is 0 Å². The number of hydrogen-bond donors (Lipinski definition) is 1. The molecule has 1 amide bonds. The Kier molecular flexibility index (Phi) is 5.42. The summed E-state index contributed by atoms with van der Waals surface area (Å²) in [5.74, 6) is 0.0132. The molecule has 1 fully saturated rings. The summed E-state index contributed by atoms with van der Waals surface area (Å²) < 4.78 is 29.9. The van der Waals surface area contributed by atoms with Crippen molar-refractivity contribution in [3.05, 3.63) is 22.6 Å². The fourth-order valence-electron chi connectivity index (χ4n) is 2.14. The number of amides is 1. The van der Waals surface area contributed by atoms with E-state index in [1.165, 1.54) is 10.6 Å². The van der Waals surface area contributed by atoms with Crippen LogP contribution in [0.15, 0.2) is 21.2 Å². The third-order valence-corrected chi connectivity index (χ3v) is 5.04. The number of furan rings is 1. The van der Waals surface area contributed by atoms with Crippen LogP contribution in [0.2, 0.25) is 0 Å². The van der Waals surface area contributed by atoms with E-state index in [9.17, 15) is 13.2 Å². The minimum absolute atomic E-state index is 0.254. The second kappa shape index (κ2) is 6.91. The van der Waals surface area contributed by atoms with Gasteiger partial charge in [0.1, 0.15) is 0 Å². The summed E-state index contributed by atoms with van der Waals surface area (Å²) in [4.78, 5) is 13.9. The van der Waals surface area contributed by atoms with E-state index in [0.29, 0.717) is 43.9 Å². The van der Waals surface area contributed by atoms with E-state index < -0.39 is 10.0 Å². The van der Waals surface area contributed by atoms with Crippen LogP contribution < -0.4 is 5.32 Å². The minimum atomic E-state index is -3.10. The summed E-state index contributed by atoms with van der Waals surface area (Å²) in [5, 5.41) is 2.77. The lowest BCUT2D eigenvalue weighted by Crippen LogP contribution is -2.49. The molecule has 21 heavy (non-hydrogen) atoms. The number of nitrogens with one attached hydrogen (secondary N) is 1. The fraction of sp³-hybridized carbons (Fsp3) is 0.583. The van der Waals surface area contributed by atoms with Crippen LogP contribution in [0.5, 0.6) is 0 Å². The predicted octanol–water partition coefficient (Wildman–Crippen LogP) is 0.349. The molecule has 1 aromatic rings. The van der Waals surface area contributed by atoms with E-state index in [-0.39, 0.29) is 11.7 Å². The molecular weight excluding hydrogens is 362 g/mol. The van der Waals surface area contributed by atoms with Crippen LogP contribution in [0.25, 0.3) is 0 Å². The highest BCUT2D eigenvalue weighted by molar-refractivity contribution is 9.10. The lowest BCUT2D eigenvalue weighted by molar-refractivity contribution is 0.0916. The lowest BCUT2D eigenvalue weighted by Gasteiger charge is -2.33. The van der Waals surface area contributed by atoms with Crippen molar-refractivity contribution in [3.63, 3.8) is 0 Å². The van der Waals surface area contributed by atoms with Gasteiger partial charge in [0.2, 0.25) is 10.0 Å². The van der Waals surface area contributed by atoms with Gasteiger partial charge in [0.15, 0.2) is 10.4 Å². The number of sulfonamides is 1. The highest BCUT2D eigenvalue weighted by Gasteiger charge is 2.23. The van der Waals surface area contributed by atoms with Crippen LogP contribution in [0.3, 0.4) is 0 Å². The maximum absolute atomic E-state index is 11.8. The van der Waals surface area contributed by atoms with Gasteiger partial charge in [-0.3, -0.25) is 9.69 Å². The standard InChI is InChI=1S/C12H18BrN3O4S/c1-21(18,19)16-8-6-15(7-9-16)5-4-14-12(17)10-2-3-11(13)20-10/h2-3H,4-9H2,1H3,(H,14,17). The molecule has 0 saturated carbocycles. The van der Waals surface area contributed by atoms with Crippen molar-refractivity contribution in [1.82, 2.24) is 14.5 Å². The summed E-state index contributed by atoms with van der Waals surface area (Å²) in [6.45, 7) is 3.53. The topological polar surface area (TPSA) is 82.9 Å².